The van der Waals surface area contributed by atoms with Crippen molar-refractivity contribution in [2.75, 3.05) is 11.9 Å². The molecule has 1 aliphatic carbocycles. The molecule has 1 aliphatic rings. The van der Waals surface area contributed by atoms with E-state index >= 15 is 0 Å². The highest BCUT2D eigenvalue weighted by atomic mass is 79.9. The van der Waals surface area contributed by atoms with E-state index in [1.165, 1.54) is 12.8 Å². The van der Waals surface area contributed by atoms with Crippen molar-refractivity contribution in [3.8, 4) is 0 Å². The van der Waals surface area contributed by atoms with Crippen LogP contribution < -0.4 is 4.90 Å². The average molecular weight is 367 g/mol. The van der Waals surface area contributed by atoms with Crippen LogP contribution in [0.2, 0.25) is 5.02 Å². The highest BCUT2D eigenvalue weighted by Crippen LogP contribution is 2.39. The Balaban J connectivity index is 1.91. The lowest BCUT2D eigenvalue weighted by atomic mass is 10.1. The van der Waals surface area contributed by atoms with Crippen LogP contribution in [-0.2, 0) is 0 Å². The Kier molecular flexibility index (Phi) is 4.18. The highest BCUT2D eigenvalue weighted by molar-refractivity contribution is 9.10. The summed E-state index contributed by atoms with van der Waals surface area (Å²) in [5.74, 6) is 2.40. The van der Waals surface area contributed by atoms with Crippen LogP contribution in [0.25, 0.3) is 0 Å². The molecule has 110 valence electrons. The molecule has 0 N–H and O–H groups in total. The summed E-state index contributed by atoms with van der Waals surface area (Å²) < 4.78 is 0.840. The highest BCUT2D eigenvalue weighted by Gasteiger charge is 2.28. The molecule has 0 bridgehead atoms. The Labute approximate surface area is 138 Å². The van der Waals surface area contributed by atoms with Crippen molar-refractivity contribution >= 4 is 33.3 Å². The van der Waals surface area contributed by atoms with E-state index in [-0.39, 0.29) is 6.04 Å². The van der Waals surface area contributed by atoms with E-state index in [4.69, 9.17) is 16.6 Å². The second kappa shape index (κ2) is 5.93. The van der Waals surface area contributed by atoms with Crippen molar-refractivity contribution in [1.82, 2.24) is 9.97 Å². The topological polar surface area (TPSA) is 29.0 Å². The molecule has 3 rings (SSSR count). The summed E-state index contributed by atoms with van der Waals surface area (Å²) in [6.45, 7) is 2.13. The number of halogens is 2. The van der Waals surface area contributed by atoms with Gasteiger partial charge in [0.1, 0.15) is 16.2 Å². The third kappa shape index (κ3) is 3.22. The van der Waals surface area contributed by atoms with Crippen LogP contribution in [0.15, 0.2) is 34.9 Å². The molecule has 3 nitrogen and oxygen atoms in total. The third-order valence-electron chi connectivity index (χ3n) is 3.94. The van der Waals surface area contributed by atoms with Gasteiger partial charge in [-0.2, -0.15) is 0 Å². The minimum atomic E-state index is 0.146. The lowest BCUT2D eigenvalue weighted by Crippen LogP contribution is -2.23. The van der Waals surface area contributed by atoms with Gasteiger partial charge < -0.3 is 4.90 Å². The first-order valence-corrected chi connectivity index (χ1v) is 8.25. The van der Waals surface area contributed by atoms with Gasteiger partial charge in [-0.05, 0) is 47.3 Å². The molecule has 1 saturated carbocycles. The summed E-state index contributed by atoms with van der Waals surface area (Å²) in [4.78, 5) is 11.3. The van der Waals surface area contributed by atoms with E-state index in [0.29, 0.717) is 5.92 Å². The van der Waals surface area contributed by atoms with Crippen LogP contribution in [-0.4, -0.2) is 17.0 Å². The van der Waals surface area contributed by atoms with E-state index < -0.39 is 0 Å². The smallest absolute Gasteiger partial charge is 0.135 e. The molecule has 21 heavy (non-hydrogen) atoms. The summed E-state index contributed by atoms with van der Waals surface area (Å²) in [6, 6.07) is 10.0. The van der Waals surface area contributed by atoms with E-state index in [1.54, 1.807) is 0 Å². The fraction of sp³-hybridized carbons (Fsp3) is 0.375. The quantitative estimate of drug-likeness (QED) is 0.716. The normalized spacial score (nSPS) is 15.8. The molecular weight excluding hydrogens is 350 g/mol. The number of anilines is 1. The molecule has 5 heteroatoms. The van der Waals surface area contributed by atoms with Gasteiger partial charge in [-0.3, -0.25) is 0 Å². The van der Waals surface area contributed by atoms with Crippen molar-refractivity contribution in [2.24, 2.45) is 0 Å². The first-order valence-electron chi connectivity index (χ1n) is 7.08. The number of hydrogen-bond acceptors (Lipinski definition) is 3. The van der Waals surface area contributed by atoms with Gasteiger partial charge in [0.05, 0.1) is 6.04 Å². The van der Waals surface area contributed by atoms with Gasteiger partial charge >= 0.3 is 0 Å². The Morgan fingerprint density at radius 3 is 2.67 bits per heavy atom. The number of rotatable bonds is 4. The Morgan fingerprint density at radius 1 is 1.29 bits per heavy atom. The fourth-order valence-corrected chi connectivity index (χ4v) is 3.03. The van der Waals surface area contributed by atoms with Crippen LogP contribution >= 0.6 is 27.5 Å². The number of aromatic nitrogens is 2. The number of benzene rings is 1. The van der Waals surface area contributed by atoms with Crippen molar-refractivity contribution in [3.05, 3.63) is 51.3 Å². The third-order valence-corrected chi connectivity index (χ3v) is 4.69. The first kappa shape index (κ1) is 14.8. The van der Waals surface area contributed by atoms with Crippen LogP contribution in [0.3, 0.4) is 0 Å². The lowest BCUT2D eigenvalue weighted by Gasteiger charge is -2.27. The van der Waals surface area contributed by atoms with E-state index in [9.17, 15) is 0 Å². The number of hydrogen-bond donors (Lipinski definition) is 0. The van der Waals surface area contributed by atoms with E-state index in [0.717, 1.165) is 26.8 Å². The standard InChI is InChI=1S/C16H17BrClN3/c1-10(12-5-3-4-6-13(12)18)21(2)15-9-14(17)19-16(20-15)11-7-8-11/h3-6,9-11H,7-8H2,1-2H3. The maximum Gasteiger partial charge on any atom is 0.135 e. The molecule has 2 aromatic rings. The molecule has 0 radical (unpaired) electrons. The summed E-state index contributed by atoms with van der Waals surface area (Å²) in [7, 11) is 2.04. The molecule has 0 aliphatic heterocycles. The number of nitrogens with zero attached hydrogens (tertiary/aromatic N) is 3. The van der Waals surface area contributed by atoms with Crippen LogP contribution in [0.1, 0.15) is 43.1 Å². The molecular formula is C16H17BrClN3. The summed E-state index contributed by atoms with van der Waals surface area (Å²) >= 11 is 9.80. The van der Waals surface area contributed by atoms with Crippen molar-refractivity contribution in [2.45, 2.75) is 31.7 Å². The van der Waals surface area contributed by atoms with Gasteiger partial charge in [0, 0.05) is 24.1 Å². The van der Waals surface area contributed by atoms with E-state index in [1.807, 2.05) is 31.3 Å². The maximum atomic E-state index is 6.30. The van der Waals surface area contributed by atoms with Gasteiger partial charge in [-0.1, -0.05) is 29.8 Å². The van der Waals surface area contributed by atoms with Gasteiger partial charge in [0.25, 0.3) is 0 Å². The van der Waals surface area contributed by atoms with Crippen molar-refractivity contribution in [3.63, 3.8) is 0 Å². The molecule has 1 heterocycles. The minimum absolute atomic E-state index is 0.146. The fourth-order valence-electron chi connectivity index (χ4n) is 2.35. The zero-order valence-corrected chi connectivity index (χ0v) is 14.4. The zero-order valence-electron chi connectivity index (χ0n) is 12.1. The Morgan fingerprint density at radius 2 is 2.00 bits per heavy atom. The summed E-state index contributed by atoms with van der Waals surface area (Å²) in [5.41, 5.74) is 1.10. The molecule has 1 atom stereocenters. The molecule has 0 amide bonds. The minimum Gasteiger partial charge on any atom is -0.353 e. The lowest BCUT2D eigenvalue weighted by molar-refractivity contribution is 0.720. The average Bonchev–Trinajstić information content (AvgIpc) is 3.30. The van der Waals surface area contributed by atoms with Gasteiger partial charge in [0.15, 0.2) is 0 Å². The van der Waals surface area contributed by atoms with E-state index in [2.05, 4.69) is 38.8 Å². The monoisotopic (exact) mass is 365 g/mol. The molecule has 1 aromatic carbocycles. The maximum absolute atomic E-state index is 6.30. The van der Waals surface area contributed by atoms with Crippen LogP contribution in [0.5, 0.6) is 0 Å². The van der Waals surface area contributed by atoms with Gasteiger partial charge in [0.2, 0.25) is 0 Å². The predicted octanol–water partition coefficient (Wildman–Crippen LogP) is 4.97. The van der Waals surface area contributed by atoms with Crippen LogP contribution in [0, 0.1) is 0 Å². The summed E-state index contributed by atoms with van der Waals surface area (Å²) in [5, 5.41) is 0.785. The molecule has 1 aromatic heterocycles. The second-order valence-corrected chi connectivity index (χ2v) is 6.71. The van der Waals surface area contributed by atoms with Gasteiger partial charge in [-0.25, -0.2) is 9.97 Å². The molecule has 0 saturated heterocycles. The second-order valence-electron chi connectivity index (χ2n) is 5.49. The molecule has 0 spiro atoms. The first-order chi connectivity index (χ1) is 10.1. The summed E-state index contributed by atoms with van der Waals surface area (Å²) in [6.07, 6.45) is 2.39. The molecule has 1 fully saturated rings. The zero-order chi connectivity index (χ0) is 15.0. The van der Waals surface area contributed by atoms with Crippen molar-refractivity contribution in [1.29, 1.82) is 0 Å². The SMILES string of the molecule is CC(c1ccccc1Cl)N(C)c1cc(Br)nc(C2CC2)n1. The Bertz CT molecular complexity index is 658. The van der Waals surface area contributed by atoms with Crippen molar-refractivity contribution < 1.29 is 0 Å². The predicted molar refractivity (Wildman–Crippen MR) is 90.0 cm³/mol. The Hall–Kier alpha value is -1.13. The van der Waals surface area contributed by atoms with Crippen LogP contribution in [0.4, 0.5) is 5.82 Å². The largest absolute Gasteiger partial charge is 0.353 e. The molecule has 1 unspecified atom stereocenters. The van der Waals surface area contributed by atoms with Gasteiger partial charge in [-0.15, -0.1) is 0 Å².